The van der Waals surface area contributed by atoms with Crippen LogP contribution in [0.2, 0.25) is 5.02 Å². The number of hydrogen-bond donors (Lipinski definition) is 3. The third-order valence-electron chi connectivity index (χ3n) is 2.55. The molecule has 4 nitrogen and oxygen atoms in total. The van der Waals surface area contributed by atoms with Crippen molar-refractivity contribution in [3.05, 3.63) is 28.8 Å². The van der Waals surface area contributed by atoms with Crippen molar-refractivity contribution >= 4 is 23.1 Å². The van der Waals surface area contributed by atoms with E-state index < -0.39 is 0 Å². The first-order valence-corrected chi connectivity index (χ1v) is 5.83. The number of nitrogen functional groups attached to an aromatic ring is 1. The first kappa shape index (κ1) is 13.8. The van der Waals surface area contributed by atoms with Crippen molar-refractivity contribution in [1.82, 2.24) is 0 Å². The van der Waals surface area contributed by atoms with Crippen LogP contribution < -0.4 is 10.6 Å². The van der Waals surface area contributed by atoms with E-state index in [-0.39, 0.29) is 11.9 Å². The van der Waals surface area contributed by atoms with Crippen LogP contribution in [0.1, 0.15) is 18.9 Å². The first-order valence-electron chi connectivity index (χ1n) is 5.45. The predicted octanol–water partition coefficient (Wildman–Crippen LogP) is 1.83. The fraction of sp³-hybridized carbons (Fsp3) is 0.417. The van der Waals surface area contributed by atoms with Crippen LogP contribution in [0, 0.1) is 5.41 Å². The molecule has 0 fully saturated rings. The van der Waals surface area contributed by atoms with Crippen molar-refractivity contribution in [3.63, 3.8) is 0 Å². The van der Waals surface area contributed by atoms with Gasteiger partial charge < -0.3 is 15.7 Å². The van der Waals surface area contributed by atoms with Crippen LogP contribution in [-0.2, 0) is 0 Å². The van der Waals surface area contributed by atoms with Crippen molar-refractivity contribution in [3.8, 4) is 0 Å². The quantitative estimate of drug-likeness (QED) is 0.555. The Morgan fingerprint density at radius 3 is 2.76 bits per heavy atom. The van der Waals surface area contributed by atoms with Gasteiger partial charge in [-0.15, -0.1) is 0 Å². The molecule has 4 N–H and O–H groups in total. The highest BCUT2D eigenvalue weighted by Crippen LogP contribution is 2.26. The number of nitrogens with two attached hydrogens (primary N) is 1. The Morgan fingerprint density at radius 2 is 2.24 bits per heavy atom. The molecule has 0 spiro atoms. The summed E-state index contributed by atoms with van der Waals surface area (Å²) >= 11 is 6.03. The summed E-state index contributed by atoms with van der Waals surface area (Å²) in [6, 6.07) is 5.40. The third-order valence-corrected chi connectivity index (χ3v) is 2.87. The molecule has 0 aliphatic carbocycles. The molecule has 0 bridgehead atoms. The molecule has 0 saturated heterocycles. The Morgan fingerprint density at radius 1 is 1.59 bits per heavy atom. The summed E-state index contributed by atoms with van der Waals surface area (Å²) in [7, 11) is 1.89. The molecule has 1 unspecified atom stereocenters. The van der Waals surface area contributed by atoms with Gasteiger partial charge >= 0.3 is 0 Å². The number of hydrogen-bond acceptors (Lipinski definition) is 3. The topological polar surface area (TPSA) is 73.3 Å². The summed E-state index contributed by atoms with van der Waals surface area (Å²) in [4.78, 5) is 1.94. The first-order chi connectivity index (χ1) is 7.93. The highest BCUT2D eigenvalue weighted by Gasteiger charge is 2.13. The van der Waals surface area contributed by atoms with E-state index in [9.17, 15) is 5.11 Å². The van der Waals surface area contributed by atoms with Crippen LogP contribution in [0.3, 0.4) is 0 Å². The van der Waals surface area contributed by atoms with Gasteiger partial charge in [0.1, 0.15) is 5.84 Å². The summed E-state index contributed by atoms with van der Waals surface area (Å²) in [5.41, 5.74) is 6.89. The molecule has 0 aliphatic rings. The van der Waals surface area contributed by atoms with Gasteiger partial charge in [0.2, 0.25) is 0 Å². The van der Waals surface area contributed by atoms with Gasteiger partial charge in [0.25, 0.3) is 0 Å². The summed E-state index contributed by atoms with van der Waals surface area (Å²) < 4.78 is 0. The maximum Gasteiger partial charge on any atom is 0.126 e. The minimum absolute atomic E-state index is 0.0468. The minimum Gasteiger partial charge on any atom is -0.393 e. The Kier molecular flexibility index (Phi) is 4.78. The molecule has 5 heteroatoms. The lowest BCUT2D eigenvalue weighted by Crippen LogP contribution is -2.25. The van der Waals surface area contributed by atoms with E-state index in [1.54, 1.807) is 13.0 Å². The standard InChI is InChI=1S/C12H18ClN3O/c1-8(17)6-7-16(2)10-5-3-4-9(13)11(10)12(14)15/h3-5,8,17H,6-7H2,1-2H3,(H3,14,15). The minimum atomic E-state index is -0.350. The van der Waals surface area contributed by atoms with E-state index in [1.165, 1.54) is 0 Å². The number of amidine groups is 1. The van der Waals surface area contributed by atoms with Crippen LogP contribution in [-0.4, -0.2) is 30.6 Å². The van der Waals surface area contributed by atoms with E-state index >= 15 is 0 Å². The SMILES string of the molecule is CC(O)CCN(C)c1cccc(Cl)c1C(=N)N. The number of nitrogens with zero attached hydrogens (tertiary/aromatic N) is 1. The van der Waals surface area contributed by atoms with Crippen molar-refractivity contribution in [2.45, 2.75) is 19.4 Å². The van der Waals surface area contributed by atoms with E-state index in [0.29, 0.717) is 23.6 Å². The largest absolute Gasteiger partial charge is 0.393 e. The zero-order chi connectivity index (χ0) is 13.0. The molecule has 17 heavy (non-hydrogen) atoms. The second-order valence-electron chi connectivity index (χ2n) is 4.11. The number of aliphatic hydroxyl groups excluding tert-OH is 1. The van der Waals surface area contributed by atoms with Gasteiger partial charge in [0.15, 0.2) is 0 Å². The van der Waals surface area contributed by atoms with Gasteiger partial charge in [-0.3, -0.25) is 5.41 Å². The molecule has 0 amide bonds. The fourth-order valence-corrected chi connectivity index (χ4v) is 1.87. The van der Waals surface area contributed by atoms with Gasteiger partial charge in [0, 0.05) is 19.3 Å². The van der Waals surface area contributed by atoms with Crippen molar-refractivity contribution in [2.24, 2.45) is 5.73 Å². The molecule has 0 heterocycles. The molecule has 1 atom stereocenters. The third kappa shape index (κ3) is 3.61. The molecule has 0 aromatic heterocycles. The summed E-state index contributed by atoms with van der Waals surface area (Å²) in [5.74, 6) is -0.0468. The smallest absolute Gasteiger partial charge is 0.126 e. The van der Waals surface area contributed by atoms with Gasteiger partial charge in [-0.2, -0.15) is 0 Å². The molecule has 1 aromatic rings. The lowest BCUT2D eigenvalue weighted by Gasteiger charge is -2.23. The number of halogens is 1. The van der Waals surface area contributed by atoms with Crippen LogP contribution >= 0.6 is 11.6 Å². The van der Waals surface area contributed by atoms with Crippen LogP contribution in [0.15, 0.2) is 18.2 Å². The Labute approximate surface area is 107 Å². The molecule has 1 rings (SSSR count). The summed E-state index contributed by atoms with van der Waals surface area (Å²) in [6.45, 7) is 2.43. The van der Waals surface area contributed by atoms with Crippen LogP contribution in [0.4, 0.5) is 5.69 Å². The average Bonchev–Trinajstić information content (AvgIpc) is 2.24. The van der Waals surface area contributed by atoms with E-state index in [1.807, 2.05) is 24.1 Å². The van der Waals surface area contributed by atoms with Crippen LogP contribution in [0.25, 0.3) is 0 Å². The zero-order valence-corrected chi connectivity index (χ0v) is 10.8. The number of rotatable bonds is 5. The maximum absolute atomic E-state index is 9.26. The lowest BCUT2D eigenvalue weighted by atomic mass is 10.1. The molecule has 94 valence electrons. The Bertz CT molecular complexity index is 407. The summed E-state index contributed by atoms with van der Waals surface area (Å²) in [6.07, 6.45) is 0.304. The number of benzene rings is 1. The highest BCUT2D eigenvalue weighted by molar-refractivity contribution is 6.34. The highest BCUT2D eigenvalue weighted by atomic mass is 35.5. The molecular formula is C12H18ClN3O. The van der Waals surface area contributed by atoms with Crippen molar-refractivity contribution in [1.29, 1.82) is 5.41 Å². The zero-order valence-electron chi connectivity index (χ0n) is 10.1. The van der Waals surface area contributed by atoms with Crippen molar-refractivity contribution < 1.29 is 5.11 Å². The Balaban J connectivity index is 2.96. The van der Waals surface area contributed by atoms with Crippen LogP contribution in [0.5, 0.6) is 0 Å². The second-order valence-corrected chi connectivity index (χ2v) is 4.51. The van der Waals surface area contributed by atoms with E-state index in [4.69, 9.17) is 22.7 Å². The predicted molar refractivity (Wildman–Crippen MR) is 72.0 cm³/mol. The van der Waals surface area contributed by atoms with E-state index in [0.717, 1.165) is 5.69 Å². The van der Waals surface area contributed by atoms with Gasteiger partial charge in [0.05, 0.1) is 16.7 Å². The molecule has 0 saturated carbocycles. The lowest BCUT2D eigenvalue weighted by molar-refractivity contribution is 0.187. The van der Waals surface area contributed by atoms with Gasteiger partial charge in [-0.25, -0.2) is 0 Å². The number of aliphatic hydroxyl groups is 1. The second kappa shape index (κ2) is 5.89. The molecule has 0 radical (unpaired) electrons. The van der Waals surface area contributed by atoms with Gasteiger partial charge in [-0.05, 0) is 25.5 Å². The normalized spacial score (nSPS) is 12.2. The number of anilines is 1. The van der Waals surface area contributed by atoms with Gasteiger partial charge in [-0.1, -0.05) is 17.7 Å². The van der Waals surface area contributed by atoms with E-state index in [2.05, 4.69) is 0 Å². The number of nitrogens with one attached hydrogen (secondary N) is 1. The monoisotopic (exact) mass is 255 g/mol. The molecular weight excluding hydrogens is 238 g/mol. The Hall–Kier alpha value is -1.26. The molecule has 1 aromatic carbocycles. The molecule has 0 aliphatic heterocycles. The maximum atomic E-state index is 9.26. The summed E-state index contributed by atoms with van der Waals surface area (Å²) in [5, 5.41) is 17.3. The van der Waals surface area contributed by atoms with Crippen molar-refractivity contribution in [2.75, 3.05) is 18.5 Å². The average molecular weight is 256 g/mol. The fourth-order valence-electron chi connectivity index (χ4n) is 1.60.